The molecule has 0 saturated heterocycles. The van der Waals surface area contributed by atoms with Crippen molar-refractivity contribution >= 4 is 11.6 Å². The van der Waals surface area contributed by atoms with Crippen LogP contribution in [0.5, 0.6) is 0 Å². The minimum absolute atomic E-state index is 0.0328. The first-order valence-electron chi connectivity index (χ1n) is 5.27. The monoisotopic (exact) mass is 222 g/mol. The van der Waals surface area contributed by atoms with E-state index >= 15 is 0 Å². The lowest BCUT2D eigenvalue weighted by molar-refractivity contribution is -0.116. The lowest BCUT2D eigenvalue weighted by Gasteiger charge is -2.11. The van der Waals surface area contributed by atoms with Gasteiger partial charge >= 0.3 is 0 Å². The molecule has 0 aromatic heterocycles. The second kappa shape index (κ2) is 6.25. The molecule has 0 bridgehead atoms. The molecule has 88 valence electrons. The van der Waals surface area contributed by atoms with E-state index in [-0.39, 0.29) is 12.5 Å². The molecule has 0 spiro atoms. The van der Waals surface area contributed by atoms with Gasteiger partial charge in [0.1, 0.15) is 0 Å². The fraction of sp³-hybridized carbons (Fsp3) is 0.417. The standard InChI is InChI=1S/C12H18N2O2/c1-14(2)8-7-12(16)13-11-6-4-3-5-10(11)9-15/h3-6,15H,7-9H2,1-2H3,(H,13,16). The van der Waals surface area contributed by atoms with Gasteiger partial charge in [0.2, 0.25) is 5.91 Å². The maximum Gasteiger partial charge on any atom is 0.225 e. The second-order valence-electron chi connectivity index (χ2n) is 3.92. The van der Waals surface area contributed by atoms with Crippen molar-refractivity contribution in [2.75, 3.05) is 26.0 Å². The van der Waals surface area contributed by atoms with Crippen LogP contribution in [0.25, 0.3) is 0 Å². The Bertz CT molecular complexity index is 351. The second-order valence-corrected chi connectivity index (χ2v) is 3.92. The number of amides is 1. The molecule has 2 N–H and O–H groups in total. The van der Waals surface area contributed by atoms with Crippen molar-refractivity contribution in [1.29, 1.82) is 0 Å². The quantitative estimate of drug-likeness (QED) is 0.783. The maximum atomic E-state index is 11.6. The number of rotatable bonds is 5. The van der Waals surface area contributed by atoms with Gasteiger partial charge in [-0.05, 0) is 20.2 Å². The van der Waals surface area contributed by atoms with Crippen molar-refractivity contribution in [2.45, 2.75) is 13.0 Å². The van der Waals surface area contributed by atoms with Crippen molar-refractivity contribution in [2.24, 2.45) is 0 Å². The number of benzene rings is 1. The Kier molecular flexibility index (Phi) is 4.95. The first-order chi connectivity index (χ1) is 7.63. The first-order valence-corrected chi connectivity index (χ1v) is 5.27. The SMILES string of the molecule is CN(C)CCC(=O)Nc1ccccc1CO. The Labute approximate surface area is 95.9 Å². The van der Waals surface area contributed by atoms with E-state index in [1.54, 1.807) is 12.1 Å². The van der Waals surface area contributed by atoms with Crippen LogP contribution in [0, 0.1) is 0 Å². The summed E-state index contributed by atoms with van der Waals surface area (Å²) < 4.78 is 0. The summed E-state index contributed by atoms with van der Waals surface area (Å²) in [6.07, 6.45) is 0.451. The Morgan fingerprint density at radius 3 is 2.69 bits per heavy atom. The van der Waals surface area contributed by atoms with Crippen LogP contribution < -0.4 is 5.32 Å². The van der Waals surface area contributed by atoms with E-state index < -0.39 is 0 Å². The van der Waals surface area contributed by atoms with Gasteiger partial charge in [0, 0.05) is 24.2 Å². The van der Waals surface area contributed by atoms with Crippen LogP contribution in [0.1, 0.15) is 12.0 Å². The zero-order valence-electron chi connectivity index (χ0n) is 9.73. The van der Waals surface area contributed by atoms with E-state index in [1.807, 2.05) is 31.1 Å². The molecular formula is C12H18N2O2. The summed E-state index contributed by atoms with van der Waals surface area (Å²) in [5.74, 6) is -0.0328. The predicted molar refractivity (Wildman–Crippen MR) is 64.2 cm³/mol. The normalized spacial score (nSPS) is 10.5. The third-order valence-electron chi connectivity index (χ3n) is 2.25. The summed E-state index contributed by atoms with van der Waals surface area (Å²) in [6, 6.07) is 7.25. The van der Waals surface area contributed by atoms with E-state index in [0.29, 0.717) is 18.7 Å². The van der Waals surface area contributed by atoms with Crippen LogP contribution in [0.3, 0.4) is 0 Å². The van der Waals surface area contributed by atoms with E-state index in [4.69, 9.17) is 5.11 Å². The van der Waals surface area contributed by atoms with Crippen LogP contribution in [0.2, 0.25) is 0 Å². The highest BCUT2D eigenvalue weighted by molar-refractivity contribution is 5.91. The number of aliphatic hydroxyl groups is 1. The topological polar surface area (TPSA) is 52.6 Å². The number of nitrogens with one attached hydrogen (secondary N) is 1. The van der Waals surface area contributed by atoms with Crippen molar-refractivity contribution < 1.29 is 9.90 Å². The highest BCUT2D eigenvalue weighted by atomic mass is 16.3. The molecule has 0 heterocycles. The Hall–Kier alpha value is -1.39. The van der Waals surface area contributed by atoms with E-state index in [9.17, 15) is 4.79 Å². The summed E-state index contributed by atoms with van der Waals surface area (Å²) in [7, 11) is 3.85. The van der Waals surface area contributed by atoms with Crippen molar-refractivity contribution in [1.82, 2.24) is 4.90 Å². The number of hydrogen-bond acceptors (Lipinski definition) is 3. The van der Waals surface area contributed by atoms with Crippen molar-refractivity contribution in [3.8, 4) is 0 Å². The van der Waals surface area contributed by atoms with Gasteiger partial charge in [-0.3, -0.25) is 4.79 Å². The van der Waals surface area contributed by atoms with Crippen LogP contribution in [-0.2, 0) is 11.4 Å². The fourth-order valence-electron chi connectivity index (χ4n) is 1.32. The molecule has 0 atom stereocenters. The van der Waals surface area contributed by atoms with Gasteiger partial charge < -0.3 is 15.3 Å². The molecule has 0 aliphatic heterocycles. The van der Waals surface area contributed by atoms with Crippen molar-refractivity contribution in [3.63, 3.8) is 0 Å². The molecule has 0 radical (unpaired) electrons. The zero-order valence-corrected chi connectivity index (χ0v) is 9.73. The molecule has 0 saturated carbocycles. The minimum Gasteiger partial charge on any atom is -0.392 e. The molecular weight excluding hydrogens is 204 g/mol. The maximum absolute atomic E-state index is 11.6. The lowest BCUT2D eigenvalue weighted by Crippen LogP contribution is -2.21. The van der Waals surface area contributed by atoms with Crippen LogP contribution in [0.4, 0.5) is 5.69 Å². The number of carbonyl (C=O) groups excluding carboxylic acids is 1. The highest BCUT2D eigenvalue weighted by Gasteiger charge is 2.05. The van der Waals surface area contributed by atoms with Gasteiger partial charge in [-0.2, -0.15) is 0 Å². The van der Waals surface area contributed by atoms with Crippen LogP contribution >= 0.6 is 0 Å². The molecule has 1 rings (SSSR count). The molecule has 1 aromatic rings. The summed E-state index contributed by atoms with van der Waals surface area (Å²) in [4.78, 5) is 13.5. The first kappa shape index (κ1) is 12.7. The molecule has 4 heteroatoms. The smallest absolute Gasteiger partial charge is 0.225 e. The van der Waals surface area contributed by atoms with Gasteiger partial charge in [0.05, 0.1) is 6.61 Å². The molecule has 4 nitrogen and oxygen atoms in total. The van der Waals surface area contributed by atoms with Gasteiger partial charge in [0.25, 0.3) is 0 Å². The Balaban J connectivity index is 2.55. The molecule has 0 unspecified atom stereocenters. The number of nitrogens with zero attached hydrogens (tertiary/aromatic N) is 1. The lowest BCUT2D eigenvalue weighted by atomic mass is 10.2. The van der Waals surface area contributed by atoms with Crippen LogP contribution in [0.15, 0.2) is 24.3 Å². The van der Waals surface area contributed by atoms with Crippen molar-refractivity contribution in [3.05, 3.63) is 29.8 Å². The molecule has 0 fully saturated rings. The molecule has 1 aromatic carbocycles. The van der Waals surface area contributed by atoms with Gasteiger partial charge in [-0.1, -0.05) is 18.2 Å². The van der Waals surface area contributed by atoms with E-state index in [2.05, 4.69) is 5.32 Å². The van der Waals surface area contributed by atoms with Gasteiger partial charge in [-0.15, -0.1) is 0 Å². The average Bonchev–Trinajstić information content (AvgIpc) is 2.27. The number of carbonyl (C=O) groups is 1. The summed E-state index contributed by atoms with van der Waals surface area (Å²) in [5, 5.41) is 11.9. The van der Waals surface area contributed by atoms with Gasteiger partial charge in [-0.25, -0.2) is 0 Å². The summed E-state index contributed by atoms with van der Waals surface area (Å²) in [5.41, 5.74) is 1.43. The van der Waals surface area contributed by atoms with Gasteiger partial charge in [0.15, 0.2) is 0 Å². The molecule has 0 aliphatic rings. The number of para-hydroxylation sites is 1. The summed E-state index contributed by atoms with van der Waals surface area (Å²) in [6.45, 7) is 0.650. The highest BCUT2D eigenvalue weighted by Crippen LogP contribution is 2.14. The van der Waals surface area contributed by atoms with Crippen LogP contribution in [-0.4, -0.2) is 36.6 Å². The fourth-order valence-corrected chi connectivity index (χ4v) is 1.32. The Morgan fingerprint density at radius 1 is 1.38 bits per heavy atom. The molecule has 1 amide bonds. The van der Waals surface area contributed by atoms with E-state index in [1.165, 1.54) is 0 Å². The Morgan fingerprint density at radius 2 is 2.06 bits per heavy atom. The predicted octanol–water partition coefficient (Wildman–Crippen LogP) is 1.07. The third kappa shape index (κ3) is 4.00. The third-order valence-corrected chi connectivity index (χ3v) is 2.25. The largest absolute Gasteiger partial charge is 0.392 e. The number of hydrogen-bond donors (Lipinski definition) is 2. The average molecular weight is 222 g/mol. The van der Waals surface area contributed by atoms with E-state index in [0.717, 1.165) is 5.56 Å². The summed E-state index contributed by atoms with van der Waals surface area (Å²) >= 11 is 0. The number of aliphatic hydroxyl groups excluding tert-OH is 1. The minimum atomic E-state index is -0.0653. The molecule has 0 aliphatic carbocycles. The molecule has 16 heavy (non-hydrogen) atoms. The zero-order chi connectivity index (χ0) is 12.0. The number of anilines is 1.